The Morgan fingerprint density at radius 3 is 2.29 bits per heavy atom. The van der Waals surface area contributed by atoms with Crippen LogP contribution in [0.15, 0.2) is 0 Å². The quantitative estimate of drug-likeness (QED) is 0.817. The lowest BCUT2D eigenvalue weighted by atomic mass is 9.79. The Bertz CT molecular complexity index is 257. The first kappa shape index (κ1) is 14.5. The minimum Gasteiger partial charge on any atom is -0.343 e. The molecule has 1 fully saturated rings. The van der Waals surface area contributed by atoms with Gasteiger partial charge in [-0.1, -0.05) is 20.8 Å². The average Bonchev–Trinajstić information content (AvgIpc) is 2.27. The van der Waals surface area contributed by atoms with E-state index in [1.165, 1.54) is 0 Å². The molecule has 1 amide bonds. The summed E-state index contributed by atoms with van der Waals surface area (Å²) in [6.45, 7) is 10.6. The summed E-state index contributed by atoms with van der Waals surface area (Å²) in [6.07, 6.45) is 3.01. The van der Waals surface area contributed by atoms with E-state index in [1.807, 2.05) is 11.9 Å². The van der Waals surface area contributed by atoms with Gasteiger partial charge in [-0.3, -0.25) is 4.79 Å². The van der Waals surface area contributed by atoms with E-state index in [0.29, 0.717) is 17.9 Å². The van der Waals surface area contributed by atoms with Crippen molar-refractivity contribution >= 4 is 5.91 Å². The van der Waals surface area contributed by atoms with Crippen molar-refractivity contribution in [2.75, 3.05) is 20.1 Å². The third-order valence-corrected chi connectivity index (χ3v) is 4.02. The lowest BCUT2D eigenvalue weighted by Gasteiger charge is -2.38. The molecule has 0 aromatic rings. The number of carbonyl (C=O) groups excluding carboxylic acids is 1. The van der Waals surface area contributed by atoms with Gasteiger partial charge in [0.15, 0.2) is 0 Å². The fourth-order valence-electron chi connectivity index (χ4n) is 2.66. The topological polar surface area (TPSA) is 32.3 Å². The molecule has 1 rings (SSSR count). The van der Waals surface area contributed by atoms with E-state index in [9.17, 15) is 4.79 Å². The minimum atomic E-state index is -0.148. The van der Waals surface area contributed by atoms with Crippen molar-refractivity contribution in [2.45, 2.75) is 53.0 Å². The molecular weight excluding hydrogens is 212 g/mol. The molecule has 0 radical (unpaired) electrons. The smallest absolute Gasteiger partial charge is 0.228 e. The average molecular weight is 240 g/mol. The van der Waals surface area contributed by atoms with E-state index in [1.54, 1.807) is 0 Å². The molecule has 0 aromatic carbocycles. The van der Waals surface area contributed by atoms with Crippen molar-refractivity contribution in [2.24, 2.45) is 11.3 Å². The van der Waals surface area contributed by atoms with Gasteiger partial charge in [0.2, 0.25) is 5.91 Å². The molecule has 0 bridgehead atoms. The maximum Gasteiger partial charge on any atom is 0.228 e. The van der Waals surface area contributed by atoms with Gasteiger partial charge in [-0.25, -0.2) is 0 Å². The molecule has 1 aliphatic rings. The third kappa shape index (κ3) is 3.70. The fraction of sp³-hybridized carbons (Fsp3) is 0.929. The minimum absolute atomic E-state index is 0.148. The van der Waals surface area contributed by atoms with Gasteiger partial charge in [0.05, 0.1) is 0 Å². The Labute approximate surface area is 106 Å². The summed E-state index contributed by atoms with van der Waals surface area (Å²) in [6, 6.07) is 0.342. The number of rotatable bonds is 4. The predicted octanol–water partition coefficient (Wildman–Crippen LogP) is 2.27. The highest BCUT2D eigenvalue weighted by atomic mass is 16.2. The summed E-state index contributed by atoms with van der Waals surface area (Å²) in [5.41, 5.74) is -0.148. The van der Waals surface area contributed by atoms with Gasteiger partial charge in [-0.05, 0) is 45.2 Å². The van der Waals surface area contributed by atoms with Crippen LogP contribution in [0, 0.1) is 11.3 Å². The normalized spacial score (nSPS) is 21.3. The second kappa shape index (κ2) is 5.85. The summed E-state index contributed by atoms with van der Waals surface area (Å²) in [5, 5.41) is 3.32. The number of hydrogen-bond donors (Lipinski definition) is 1. The third-order valence-electron chi connectivity index (χ3n) is 4.02. The highest BCUT2D eigenvalue weighted by Gasteiger charge is 2.37. The lowest BCUT2D eigenvalue weighted by Crippen LogP contribution is -2.49. The molecule has 3 heteroatoms. The van der Waals surface area contributed by atoms with Gasteiger partial charge in [-0.15, -0.1) is 0 Å². The van der Waals surface area contributed by atoms with Gasteiger partial charge in [0, 0.05) is 18.5 Å². The Hall–Kier alpha value is -0.570. The van der Waals surface area contributed by atoms with Gasteiger partial charge in [0.25, 0.3) is 0 Å². The molecule has 1 aliphatic heterocycles. The first-order valence-electron chi connectivity index (χ1n) is 6.85. The van der Waals surface area contributed by atoms with E-state index in [0.717, 1.165) is 32.4 Å². The fourth-order valence-corrected chi connectivity index (χ4v) is 2.66. The maximum atomic E-state index is 12.5. The molecular formula is C14H28N2O. The molecule has 1 atom stereocenters. The molecule has 0 aliphatic carbocycles. The number of amides is 1. The molecule has 17 heavy (non-hydrogen) atoms. The number of nitrogens with one attached hydrogen (secondary N) is 1. The molecule has 100 valence electrons. The van der Waals surface area contributed by atoms with Crippen LogP contribution in [0.4, 0.5) is 0 Å². The van der Waals surface area contributed by atoms with Crippen LogP contribution in [0.25, 0.3) is 0 Å². The predicted molar refractivity (Wildman–Crippen MR) is 71.9 cm³/mol. The van der Waals surface area contributed by atoms with Crippen LogP contribution in [0.3, 0.4) is 0 Å². The molecule has 1 unspecified atom stereocenters. The lowest BCUT2D eigenvalue weighted by molar-refractivity contribution is -0.143. The molecule has 3 nitrogen and oxygen atoms in total. The van der Waals surface area contributed by atoms with Crippen molar-refractivity contribution in [1.82, 2.24) is 10.2 Å². The van der Waals surface area contributed by atoms with Crippen LogP contribution >= 0.6 is 0 Å². The number of nitrogens with zero attached hydrogens (tertiary/aromatic N) is 1. The van der Waals surface area contributed by atoms with Crippen molar-refractivity contribution in [3.8, 4) is 0 Å². The second-order valence-corrected chi connectivity index (χ2v) is 6.21. The molecule has 0 saturated carbocycles. The highest BCUT2D eigenvalue weighted by Crippen LogP contribution is 2.31. The zero-order valence-electron chi connectivity index (χ0n) is 12.0. The number of carbonyl (C=O) groups is 1. The summed E-state index contributed by atoms with van der Waals surface area (Å²) in [4.78, 5) is 14.5. The summed E-state index contributed by atoms with van der Waals surface area (Å²) in [5.74, 6) is 0.966. The van der Waals surface area contributed by atoms with Crippen LogP contribution in [0.1, 0.15) is 47.0 Å². The molecule has 1 N–H and O–H groups in total. The van der Waals surface area contributed by atoms with Gasteiger partial charge in [0.1, 0.15) is 0 Å². The second-order valence-electron chi connectivity index (χ2n) is 6.21. The standard InChI is InChI=1S/C14H28N2O/c1-11(2)10-12(3)16(5)13(17)14(4)6-8-15-9-7-14/h11-12,15H,6-10H2,1-5H3. The highest BCUT2D eigenvalue weighted by molar-refractivity contribution is 5.82. The molecule has 1 heterocycles. The summed E-state index contributed by atoms with van der Waals surface area (Å²) < 4.78 is 0. The monoisotopic (exact) mass is 240 g/mol. The largest absolute Gasteiger partial charge is 0.343 e. The van der Waals surface area contributed by atoms with Crippen molar-refractivity contribution in [1.29, 1.82) is 0 Å². The zero-order chi connectivity index (χ0) is 13.1. The van der Waals surface area contributed by atoms with Crippen LogP contribution < -0.4 is 5.32 Å². The molecule has 1 saturated heterocycles. The van der Waals surface area contributed by atoms with Crippen LogP contribution in [0.2, 0.25) is 0 Å². The summed E-state index contributed by atoms with van der Waals surface area (Å²) in [7, 11) is 1.96. The number of hydrogen-bond acceptors (Lipinski definition) is 2. The van der Waals surface area contributed by atoms with Crippen LogP contribution in [0.5, 0.6) is 0 Å². The van der Waals surface area contributed by atoms with E-state index in [4.69, 9.17) is 0 Å². The van der Waals surface area contributed by atoms with Crippen LogP contribution in [-0.4, -0.2) is 37.0 Å². The maximum absolute atomic E-state index is 12.5. The van der Waals surface area contributed by atoms with E-state index in [-0.39, 0.29) is 5.41 Å². The Morgan fingerprint density at radius 2 is 1.82 bits per heavy atom. The van der Waals surface area contributed by atoms with E-state index >= 15 is 0 Å². The van der Waals surface area contributed by atoms with Crippen molar-refractivity contribution in [3.05, 3.63) is 0 Å². The van der Waals surface area contributed by atoms with Crippen molar-refractivity contribution < 1.29 is 4.79 Å². The Morgan fingerprint density at radius 1 is 1.29 bits per heavy atom. The van der Waals surface area contributed by atoms with Gasteiger partial charge >= 0.3 is 0 Å². The first-order valence-corrected chi connectivity index (χ1v) is 6.85. The Kier molecular flexibility index (Phi) is 4.99. The summed E-state index contributed by atoms with van der Waals surface area (Å²) >= 11 is 0. The SMILES string of the molecule is CC(C)CC(C)N(C)C(=O)C1(C)CCNCC1. The van der Waals surface area contributed by atoms with Crippen LogP contribution in [-0.2, 0) is 4.79 Å². The van der Waals surface area contributed by atoms with Gasteiger partial charge < -0.3 is 10.2 Å². The van der Waals surface area contributed by atoms with Gasteiger partial charge in [-0.2, -0.15) is 0 Å². The van der Waals surface area contributed by atoms with E-state index < -0.39 is 0 Å². The first-order chi connectivity index (χ1) is 7.87. The van der Waals surface area contributed by atoms with Crippen molar-refractivity contribution in [3.63, 3.8) is 0 Å². The zero-order valence-corrected chi connectivity index (χ0v) is 12.0. The molecule has 0 spiro atoms. The molecule has 0 aromatic heterocycles. The van der Waals surface area contributed by atoms with E-state index in [2.05, 4.69) is 33.0 Å². The number of piperidine rings is 1. The Balaban J connectivity index is 2.61.